The van der Waals surface area contributed by atoms with Crippen molar-refractivity contribution < 1.29 is 14.1 Å². The van der Waals surface area contributed by atoms with Gasteiger partial charge in [-0.1, -0.05) is 53.7 Å². The fraction of sp³-hybridized carbons (Fsp3) is 0.458. The minimum atomic E-state index is -0.453. The van der Waals surface area contributed by atoms with E-state index in [1.807, 2.05) is 6.07 Å². The van der Waals surface area contributed by atoms with Crippen LogP contribution >= 0.6 is 0 Å². The van der Waals surface area contributed by atoms with Gasteiger partial charge in [-0.25, -0.2) is 4.98 Å². The second kappa shape index (κ2) is 7.74. The van der Waals surface area contributed by atoms with Gasteiger partial charge in [0.05, 0.1) is 11.0 Å². The molecule has 0 unspecified atom stereocenters. The Labute approximate surface area is 177 Å². The Balaban J connectivity index is 2.16. The molecule has 1 heterocycles. The summed E-state index contributed by atoms with van der Waals surface area (Å²) in [4.78, 5) is 15.5. The Morgan fingerprint density at radius 1 is 1.03 bits per heavy atom. The van der Waals surface area contributed by atoms with Crippen molar-refractivity contribution in [3.8, 4) is 11.5 Å². The smallest absolute Gasteiger partial charge is 0.315 e. The van der Waals surface area contributed by atoms with Crippen LogP contribution in [0.5, 0.6) is 11.5 Å². The molecule has 0 aliphatic carbocycles. The molecule has 6 heteroatoms. The minimum Gasteiger partial charge on any atom is -0.450 e. The fourth-order valence-electron chi connectivity index (χ4n) is 3.37. The third kappa shape index (κ3) is 4.04. The van der Waals surface area contributed by atoms with Crippen LogP contribution in [0.25, 0.3) is 11.1 Å². The standard InChI is InChI=1S/C24H30N2O4/c1-8-23(4,5)16-10-11-20(17(12-16)24(6,7)9-2)30-22-13-18-21(29-15(3)25-18)14-19(22)26(27)28/h10-14H,8-9H2,1-7H3. The second-order valence-corrected chi connectivity index (χ2v) is 9.07. The number of benzene rings is 2. The van der Waals surface area contributed by atoms with E-state index in [4.69, 9.17) is 9.15 Å². The number of fused-ring (bicyclic) bond motifs is 1. The van der Waals surface area contributed by atoms with Gasteiger partial charge < -0.3 is 9.15 Å². The lowest BCUT2D eigenvalue weighted by atomic mass is 9.76. The Hall–Kier alpha value is -2.89. The molecule has 0 saturated heterocycles. The highest BCUT2D eigenvalue weighted by Gasteiger charge is 2.28. The number of oxazole rings is 1. The summed E-state index contributed by atoms with van der Waals surface area (Å²) in [6, 6.07) is 9.13. The predicted octanol–water partition coefficient (Wildman–Crippen LogP) is 7.21. The molecular weight excluding hydrogens is 380 g/mol. The predicted molar refractivity (Wildman–Crippen MR) is 119 cm³/mol. The normalized spacial score (nSPS) is 12.4. The first-order valence-electron chi connectivity index (χ1n) is 10.4. The van der Waals surface area contributed by atoms with Crippen LogP contribution < -0.4 is 4.74 Å². The molecule has 0 N–H and O–H groups in total. The van der Waals surface area contributed by atoms with Crippen LogP contribution in [0.15, 0.2) is 34.7 Å². The molecule has 6 nitrogen and oxygen atoms in total. The quantitative estimate of drug-likeness (QED) is 0.304. The summed E-state index contributed by atoms with van der Waals surface area (Å²) in [7, 11) is 0. The number of ether oxygens (including phenoxy) is 1. The number of nitrogens with zero attached hydrogens (tertiary/aromatic N) is 2. The first-order chi connectivity index (χ1) is 14.0. The third-order valence-electron chi connectivity index (χ3n) is 6.25. The molecule has 3 rings (SSSR count). The molecule has 0 amide bonds. The maximum Gasteiger partial charge on any atom is 0.315 e. The Morgan fingerprint density at radius 2 is 1.70 bits per heavy atom. The monoisotopic (exact) mass is 410 g/mol. The van der Waals surface area contributed by atoms with Crippen LogP contribution in [0.3, 0.4) is 0 Å². The summed E-state index contributed by atoms with van der Waals surface area (Å²) in [5.74, 6) is 1.24. The van der Waals surface area contributed by atoms with E-state index < -0.39 is 4.92 Å². The van der Waals surface area contributed by atoms with E-state index in [-0.39, 0.29) is 22.3 Å². The van der Waals surface area contributed by atoms with Crippen molar-refractivity contribution in [3.63, 3.8) is 0 Å². The minimum absolute atomic E-state index is 0.0280. The van der Waals surface area contributed by atoms with Gasteiger partial charge >= 0.3 is 5.69 Å². The summed E-state index contributed by atoms with van der Waals surface area (Å²) in [6.45, 7) is 14.8. The molecule has 0 bridgehead atoms. The summed E-state index contributed by atoms with van der Waals surface area (Å²) in [6.07, 6.45) is 1.91. The van der Waals surface area contributed by atoms with E-state index >= 15 is 0 Å². The lowest BCUT2D eigenvalue weighted by molar-refractivity contribution is -0.385. The van der Waals surface area contributed by atoms with Gasteiger partial charge in [0.2, 0.25) is 5.75 Å². The zero-order valence-corrected chi connectivity index (χ0v) is 18.8. The molecule has 3 aromatic rings. The van der Waals surface area contributed by atoms with E-state index in [1.54, 1.807) is 13.0 Å². The van der Waals surface area contributed by atoms with Crippen molar-refractivity contribution in [1.82, 2.24) is 4.98 Å². The highest BCUT2D eigenvalue weighted by molar-refractivity contribution is 5.79. The van der Waals surface area contributed by atoms with E-state index in [9.17, 15) is 10.1 Å². The van der Waals surface area contributed by atoms with Crippen molar-refractivity contribution >= 4 is 16.8 Å². The van der Waals surface area contributed by atoms with Gasteiger partial charge in [-0.2, -0.15) is 0 Å². The third-order valence-corrected chi connectivity index (χ3v) is 6.25. The number of hydrogen-bond acceptors (Lipinski definition) is 5. The van der Waals surface area contributed by atoms with Crippen LogP contribution in [-0.2, 0) is 10.8 Å². The van der Waals surface area contributed by atoms with Crippen molar-refractivity contribution in [2.45, 2.75) is 72.1 Å². The maximum absolute atomic E-state index is 11.7. The topological polar surface area (TPSA) is 78.4 Å². The molecule has 0 aliphatic heterocycles. The highest BCUT2D eigenvalue weighted by atomic mass is 16.6. The van der Waals surface area contributed by atoms with E-state index in [0.717, 1.165) is 18.4 Å². The first kappa shape index (κ1) is 21.8. The molecule has 0 spiro atoms. The van der Waals surface area contributed by atoms with Crippen LogP contribution in [-0.4, -0.2) is 9.91 Å². The maximum atomic E-state index is 11.7. The molecule has 0 atom stereocenters. The van der Waals surface area contributed by atoms with Gasteiger partial charge in [-0.15, -0.1) is 0 Å². The number of rotatable bonds is 7. The lowest BCUT2D eigenvalue weighted by Crippen LogP contribution is -2.20. The number of nitro benzene ring substituents is 1. The number of nitro groups is 1. The van der Waals surface area contributed by atoms with Crippen molar-refractivity contribution in [2.24, 2.45) is 0 Å². The number of aryl methyl sites for hydroxylation is 1. The molecule has 0 aliphatic rings. The van der Waals surface area contributed by atoms with E-state index in [0.29, 0.717) is 22.7 Å². The first-order valence-corrected chi connectivity index (χ1v) is 10.4. The summed E-state index contributed by atoms with van der Waals surface area (Å²) >= 11 is 0. The Bertz CT molecular complexity index is 1100. The summed E-state index contributed by atoms with van der Waals surface area (Å²) in [5, 5.41) is 11.7. The lowest BCUT2D eigenvalue weighted by Gasteiger charge is -2.30. The van der Waals surface area contributed by atoms with Crippen molar-refractivity contribution in [3.05, 3.63) is 57.5 Å². The van der Waals surface area contributed by atoms with Crippen molar-refractivity contribution in [1.29, 1.82) is 0 Å². The molecule has 0 fully saturated rings. The van der Waals surface area contributed by atoms with Crippen LogP contribution in [0.2, 0.25) is 0 Å². The molecule has 160 valence electrons. The highest BCUT2D eigenvalue weighted by Crippen LogP contribution is 2.42. The molecule has 1 aromatic heterocycles. The van der Waals surface area contributed by atoms with Crippen LogP contribution in [0.4, 0.5) is 5.69 Å². The molecule has 30 heavy (non-hydrogen) atoms. The summed E-state index contributed by atoms with van der Waals surface area (Å²) in [5.41, 5.74) is 2.91. The van der Waals surface area contributed by atoms with Crippen LogP contribution in [0, 0.1) is 17.0 Å². The van der Waals surface area contributed by atoms with E-state index in [2.05, 4.69) is 58.7 Å². The van der Waals surface area contributed by atoms with Crippen molar-refractivity contribution in [2.75, 3.05) is 0 Å². The zero-order chi connectivity index (χ0) is 22.3. The largest absolute Gasteiger partial charge is 0.450 e. The second-order valence-electron chi connectivity index (χ2n) is 9.07. The Kier molecular flexibility index (Phi) is 5.63. The molecule has 2 aromatic carbocycles. The van der Waals surface area contributed by atoms with Gasteiger partial charge in [-0.05, 0) is 35.3 Å². The zero-order valence-electron chi connectivity index (χ0n) is 18.8. The SMILES string of the molecule is CCC(C)(C)c1ccc(Oc2cc3nc(C)oc3cc2[N+](=O)[O-])c(C(C)(C)CC)c1. The molecule has 0 saturated carbocycles. The van der Waals surface area contributed by atoms with Gasteiger partial charge in [0.15, 0.2) is 11.5 Å². The summed E-state index contributed by atoms with van der Waals surface area (Å²) < 4.78 is 11.6. The van der Waals surface area contributed by atoms with Gasteiger partial charge in [0, 0.05) is 18.6 Å². The number of hydrogen-bond donors (Lipinski definition) is 0. The van der Waals surface area contributed by atoms with Crippen LogP contribution in [0.1, 0.15) is 71.4 Å². The molecule has 0 radical (unpaired) electrons. The average Bonchev–Trinajstić information content (AvgIpc) is 3.06. The average molecular weight is 411 g/mol. The van der Waals surface area contributed by atoms with E-state index in [1.165, 1.54) is 11.6 Å². The molecular formula is C24H30N2O4. The Morgan fingerprint density at radius 3 is 2.30 bits per heavy atom. The fourth-order valence-corrected chi connectivity index (χ4v) is 3.37. The van der Waals surface area contributed by atoms with Gasteiger partial charge in [0.1, 0.15) is 11.3 Å². The van der Waals surface area contributed by atoms with Gasteiger partial charge in [0.25, 0.3) is 0 Å². The number of aromatic nitrogens is 1. The van der Waals surface area contributed by atoms with Gasteiger partial charge in [-0.3, -0.25) is 10.1 Å².